The Hall–Kier alpha value is -1.43. The number of aromatic nitrogens is 2. The zero-order valence-corrected chi connectivity index (χ0v) is 12.3. The number of nitrogens with one attached hydrogen (secondary N) is 1. The molecule has 100 valence electrons. The van der Waals surface area contributed by atoms with Crippen molar-refractivity contribution in [2.45, 2.75) is 27.7 Å². The van der Waals surface area contributed by atoms with Crippen LogP contribution < -0.4 is 11.1 Å². The summed E-state index contributed by atoms with van der Waals surface area (Å²) in [5.41, 5.74) is 7.42. The van der Waals surface area contributed by atoms with Gasteiger partial charge in [0.15, 0.2) is 0 Å². The lowest BCUT2D eigenvalue weighted by Gasteiger charge is -2.23. The number of carbonyl (C=O) groups excluding carboxylic acids is 1. The number of amides is 1. The fraction of sp³-hybridized carbons (Fsp3) is 0.583. The summed E-state index contributed by atoms with van der Waals surface area (Å²) in [6.45, 7) is 7.90. The summed E-state index contributed by atoms with van der Waals surface area (Å²) in [7, 11) is 1.82. The molecular formula is C12H20N4OS. The van der Waals surface area contributed by atoms with Gasteiger partial charge in [-0.1, -0.05) is 26.1 Å². The quantitative estimate of drug-likeness (QED) is 0.801. The Bertz CT molecular complexity index is 491. The van der Waals surface area contributed by atoms with Gasteiger partial charge in [0.1, 0.15) is 0 Å². The maximum Gasteiger partial charge on any atom is 0.255 e. The Morgan fingerprint density at radius 3 is 2.44 bits per heavy atom. The van der Waals surface area contributed by atoms with Crippen molar-refractivity contribution in [2.24, 2.45) is 18.2 Å². The van der Waals surface area contributed by atoms with Gasteiger partial charge >= 0.3 is 0 Å². The largest absolute Gasteiger partial charge is 0.393 e. The summed E-state index contributed by atoms with van der Waals surface area (Å²) >= 11 is 4.97. The maximum atomic E-state index is 12.1. The summed E-state index contributed by atoms with van der Waals surface area (Å²) in [6.07, 6.45) is 0. The lowest BCUT2D eigenvalue weighted by molar-refractivity contribution is 0.0943. The van der Waals surface area contributed by atoms with Crippen LogP contribution in [0, 0.1) is 19.3 Å². The van der Waals surface area contributed by atoms with Crippen molar-refractivity contribution in [1.82, 2.24) is 15.1 Å². The number of hydrogen-bond acceptors (Lipinski definition) is 3. The van der Waals surface area contributed by atoms with E-state index in [2.05, 4.69) is 10.4 Å². The minimum absolute atomic E-state index is 0.137. The van der Waals surface area contributed by atoms with Crippen LogP contribution in [0.3, 0.4) is 0 Å². The van der Waals surface area contributed by atoms with Crippen molar-refractivity contribution in [2.75, 3.05) is 6.54 Å². The molecule has 1 aromatic heterocycles. The van der Waals surface area contributed by atoms with E-state index in [4.69, 9.17) is 18.0 Å². The van der Waals surface area contributed by atoms with Crippen LogP contribution in [0.15, 0.2) is 0 Å². The minimum atomic E-state index is -0.394. The molecule has 0 unspecified atom stereocenters. The van der Waals surface area contributed by atoms with E-state index >= 15 is 0 Å². The van der Waals surface area contributed by atoms with E-state index in [1.165, 1.54) is 0 Å². The molecule has 0 aromatic carbocycles. The number of aryl methyl sites for hydroxylation is 2. The van der Waals surface area contributed by atoms with E-state index in [1.54, 1.807) is 4.68 Å². The van der Waals surface area contributed by atoms with Gasteiger partial charge in [0.25, 0.3) is 5.91 Å². The maximum absolute atomic E-state index is 12.1. The van der Waals surface area contributed by atoms with Crippen molar-refractivity contribution in [3.05, 3.63) is 17.0 Å². The van der Waals surface area contributed by atoms with E-state index in [0.29, 0.717) is 17.1 Å². The van der Waals surface area contributed by atoms with Gasteiger partial charge in [-0.3, -0.25) is 9.48 Å². The summed E-state index contributed by atoms with van der Waals surface area (Å²) in [4.78, 5) is 12.5. The van der Waals surface area contributed by atoms with Crippen LogP contribution >= 0.6 is 12.2 Å². The molecule has 6 heteroatoms. The third kappa shape index (κ3) is 2.87. The van der Waals surface area contributed by atoms with Crippen LogP contribution in [-0.2, 0) is 7.05 Å². The Morgan fingerprint density at radius 1 is 1.50 bits per heavy atom. The summed E-state index contributed by atoms with van der Waals surface area (Å²) in [5, 5.41) is 7.07. The molecule has 1 heterocycles. The van der Waals surface area contributed by atoms with Crippen LogP contribution in [0.25, 0.3) is 0 Å². The molecule has 0 aliphatic heterocycles. The number of carbonyl (C=O) groups is 1. The zero-order chi connectivity index (χ0) is 14.1. The van der Waals surface area contributed by atoms with E-state index in [0.717, 1.165) is 11.4 Å². The van der Waals surface area contributed by atoms with Crippen molar-refractivity contribution < 1.29 is 4.79 Å². The Labute approximate surface area is 113 Å². The lowest BCUT2D eigenvalue weighted by atomic mass is 9.93. The standard InChI is InChI=1S/C12H20N4OS/c1-7-9(8(2)16(5)15-7)10(17)14-6-12(3,4)11(13)18/h6H2,1-5H3,(H2,13,18)(H,14,17). The molecule has 0 fully saturated rings. The van der Waals surface area contributed by atoms with E-state index in [1.807, 2.05) is 34.7 Å². The first-order valence-corrected chi connectivity index (χ1v) is 6.16. The topological polar surface area (TPSA) is 72.9 Å². The van der Waals surface area contributed by atoms with Crippen LogP contribution in [0.4, 0.5) is 0 Å². The van der Waals surface area contributed by atoms with E-state index in [9.17, 15) is 4.79 Å². The van der Waals surface area contributed by atoms with Crippen molar-refractivity contribution in [3.63, 3.8) is 0 Å². The summed E-state index contributed by atoms with van der Waals surface area (Å²) < 4.78 is 1.70. The third-order valence-electron chi connectivity index (χ3n) is 3.09. The highest BCUT2D eigenvalue weighted by Crippen LogP contribution is 2.15. The summed E-state index contributed by atoms with van der Waals surface area (Å²) in [6, 6.07) is 0. The summed E-state index contributed by atoms with van der Waals surface area (Å²) in [5.74, 6) is -0.137. The van der Waals surface area contributed by atoms with Gasteiger partial charge in [-0.2, -0.15) is 5.10 Å². The molecule has 0 saturated heterocycles. The average molecular weight is 268 g/mol. The first-order valence-electron chi connectivity index (χ1n) is 5.75. The van der Waals surface area contributed by atoms with Gasteiger partial charge in [0, 0.05) is 24.7 Å². The Balaban J connectivity index is 2.81. The van der Waals surface area contributed by atoms with Gasteiger partial charge in [-0.15, -0.1) is 0 Å². The highest BCUT2D eigenvalue weighted by Gasteiger charge is 2.24. The molecule has 0 aliphatic carbocycles. The molecule has 0 bridgehead atoms. The van der Waals surface area contributed by atoms with Gasteiger partial charge in [-0.25, -0.2) is 0 Å². The Morgan fingerprint density at radius 2 is 2.06 bits per heavy atom. The molecule has 1 rings (SSSR count). The first-order chi connectivity index (χ1) is 8.16. The van der Waals surface area contributed by atoms with Crippen LogP contribution in [0.2, 0.25) is 0 Å². The zero-order valence-electron chi connectivity index (χ0n) is 11.5. The minimum Gasteiger partial charge on any atom is -0.393 e. The second-order valence-corrected chi connectivity index (χ2v) is 5.54. The monoisotopic (exact) mass is 268 g/mol. The SMILES string of the molecule is Cc1nn(C)c(C)c1C(=O)NCC(C)(C)C(N)=S. The molecule has 1 aromatic rings. The van der Waals surface area contributed by atoms with Gasteiger partial charge in [0.2, 0.25) is 0 Å². The molecule has 3 N–H and O–H groups in total. The normalized spacial score (nSPS) is 11.4. The van der Waals surface area contributed by atoms with Gasteiger partial charge in [0.05, 0.1) is 16.2 Å². The molecule has 0 saturated carbocycles. The number of thiocarbonyl (C=S) groups is 1. The predicted octanol–water partition coefficient (Wildman–Crippen LogP) is 1.08. The molecule has 18 heavy (non-hydrogen) atoms. The lowest BCUT2D eigenvalue weighted by Crippen LogP contribution is -2.41. The van der Waals surface area contributed by atoms with Crippen LogP contribution in [-0.4, -0.2) is 27.2 Å². The number of nitrogens with two attached hydrogens (primary N) is 1. The van der Waals surface area contributed by atoms with Gasteiger partial charge in [-0.05, 0) is 13.8 Å². The van der Waals surface area contributed by atoms with Crippen molar-refractivity contribution in [3.8, 4) is 0 Å². The molecule has 0 aliphatic rings. The van der Waals surface area contributed by atoms with Crippen LogP contribution in [0.1, 0.15) is 35.6 Å². The van der Waals surface area contributed by atoms with Crippen molar-refractivity contribution >= 4 is 23.1 Å². The predicted molar refractivity (Wildman–Crippen MR) is 75.6 cm³/mol. The molecular weight excluding hydrogens is 248 g/mol. The number of nitrogens with zero attached hydrogens (tertiary/aromatic N) is 2. The molecule has 0 radical (unpaired) electrons. The number of hydrogen-bond donors (Lipinski definition) is 2. The highest BCUT2D eigenvalue weighted by molar-refractivity contribution is 7.80. The molecule has 0 atom stereocenters. The fourth-order valence-corrected chi connectivity index (χ4v) is 1.65. The highest BCUT2D eigenvalue weighted by atomic mass is 32.1. The average Bonchev–Trinajstić information content (AvgIpc) is 2.50. The van der Waals surface area contributed by atoms with E-state index < -0.39 is 5.41 Å². The third-order valence-corrected chi connectivity index (χ3v) is 3.65. The molecule has 5 nitrogen and oxygen atoms in total. The fourth-order valence-electron chi connectivity index (χ4n) is 1.58. The molecule has 1 amide bonds. The van der Waals surface area contributed by atoms with Crippen LogP contribution in [0.5, 0.6) is 0 Å². The van der Waals surface area contributed by atoms with Crippen molar-refractivity contribution in [1.29, 1.82) is 0 Å². The molecule has 0 spiro atoms. The van der Waals surface area contributed by atoms with Gasteiger partial charge < -0.3 is 11.1 Å². The van der Waals surface area contributed by atoms with E-state index in [-0.39, 0.29) is 5.91 Å². The number of rotatable bonds is 4. The second-order valence-electron chi connectivity index (χ2n) is 5.10. The first kappa shape index (κ1) is 14.6. The Kier molecular flexibility index (Phi) is 4.11. The smallest absolute Gasteiger partial charge is 0.255 e. The second kappa shape index (κ2) is 5.06.